The van der Waals surface area contributed by atoms with E-state index in [1.807, 2.05) is 13.0 Å². The number of hydrogen-bond donors (Lipinski definition) is 1. The van der Waals surface area contributed by atoms with E-state index >= 15 is 0 Å². The Morgan fingerprint density at radius 1 is 0.838 bits per heavy atom. The van der Waals surface area contributed by atoms with Gasteiger partial charge in [-0.15, -0.1) is 0 Å². The molecule has 5 heteroatoms. The van der Waals surface area contributed by atoms with E-state index in [4.69, 9.17) is 4.42 Å². The van der Waals surface area contributed by atoms with Crippen molar-refractivity contribution in [2.24, 2.45) is 21.7 Å². The number of aliphatic hydroxyl groups excluding tert-OH is 1. The van der Waals surface area contributed by atoms with Crippen LogP contribution in [-0.2, 0) is 9.22 Å². The molecule has 0 fully saturated rings. The Bertz CT molecular complexity index is 1180. The first-order valence-electron chi connectivity index (χ1n) is 12.9. The fraction of sp³-hybridized carbons (Fsp3) is 0.562. The molecule has 0 aromatic heterocycles. The number of allylic oxidation sites excluding steroid dienone is 11. The molecule has 0 aromatic carbocycles. The Balaban J connectivity index is 0.00000481. The topological polar surface area (TPSA) is 78.6 Å². The van der Waals surface area contributed by atoms with Crippen molar-refractivity contribution in [3.63, 3.8) is 0 Å². The monoisotopic (exact) mass is 574 g/mol. The van der Waals surface area contributed by atoms with Crippen LogP contribution in [-0.4, -0.2) is 37.1 Å². The zero-order valence-electron chi connectivity index (χ0n) is 25.1. The Kier molecular flexibility index (Phi) is 8.44. The van der Waals surface area contributed by atoms with Crippen molar-refractivity contribution in [3.05, 3.63) is 66.6 Å². The number of rotatable bonds is 1. The van der Waals surface area contributed by atoms with Crippen molar-refractivity contribution < 1.29 is 19.8 Å². The maximum absolute atomic E-state index is 13.5. The summed E-state index contributed by atoms with van der Waals surface area (Å²) in [5.41, 5.74) is 3.44. The third-order valence-electron chi connectivity index (χ3n) is 6.74. The van der Waals surface area contributed by atoms with Crippen LogP contribution in [0.15, 0.2) is 66.6 Å². The molecule has 0 radical (unpaired) electrons. The Hall–Kier alpha value is -1.94. The van der Waals surface area contributed by atoms with Gasteiger partial charge in [-0.2, -0.15) is 0 Å². The summed E-state index contributed by atoms with van der Waals surface area (Å²) in [6.07, 6.45) is 6.86. The van der Waals surface area contributed by atoms with Gasteiger partial charge in [-0.1, -0.05) is 0 Å². The fourth-order valence-electron chi connectivity index (χ4n) is 4.42. The van der Waals surface area contributed by atoms with E-state index < -0.39 is 0 Å². The van der Waals surface area contributed by atoms with E-state index in [1.165, 1.54) is 8.94 Å². The van der Waals surface area contributed by atoms with Crippen LogP contribution in [0.25, 0.3) is 0 Å². The van der Waals surface area contributed by atoms with E-state index in [0.717, 1.165) is 28.3 Å². The zero-order chi connectivity index (χ0) is 27.6. The van der Waals surface area contributed by atoms with E-state index in [1.54, 1.807) is 0 Å². The second-order valence-electron chi connectivity index (χ2n) is 14.4. The molecule has 0 amide bonds. The molecule has 204 valence electrons. The first-order chi connectivity index (χ1) is 16.1. The van der Waals surface area contributed by atoms with Gasteiger partial charge in [-0.25, -0.2) is 0 Å². The van der Waals surface area contributed by atoms with Crippen LogP contribution >= 0.6 is 0 Å². The quantitative estimate of drug-likeness (QED) is 0.197. The predicted octanol–water partition coefficient (Wildman–Crippen LogP) is 7.88. The van der Waals surface area contributed by atoms with Gasteiger partial charge in [0, 0.05) is 0 Å². The third-order valence-corrected chi connectivity index (χ3v) is 10.7. The molecule has 2 N–H and O–H groups in total. The van der Waals surface area contributed by atoms with Gasteiger partial charge >= 0.3 is 225 Å². The predicted molar refractivity (Wildman–Crippen MR) is 154 cm³/mol. The van der Waals surface area contributed by atoms with Crippen molar-refractivity contribution in [2.75, 3.05) is 0 Å². The van der Waals surface area contributed by atoms with Crippen molar-refractivity contribution in [1.29, 1.82) is 0 Å². The van der Waals surface area contributed by atoms with Gasteiger partial charge in [0.25, 0.3) is 0 Å². The molecule has 2 aliphatic heterocycles. The van der Waals surface area contributed by atoms with Gasteiger partial charge < -0.3 is 5.48 Å². The van der Waals surface area contributed by atoms with Gasteiger partial charge in [0.2, 0.25) is 0 Å². The molecule has 0 atom stereocenters. The SMILES string of the molecule is CC1=C(C(C)(C)C)[O+]=C(C(C)(C)C)CC1=C1C(=O)C(C=C2C=C(C(C)(C)C)[Se]C(C(C)(C)C)=C2)=C1O.[OH-]. The van der Waals surface area contributed by atoms with Gasteiger partial charge in [0.05, 0.1) is 0 Å². The van der Waals surface area contributed by atoms with E-state index in [-0.39, 0.29) is 53.6 Å². The van der Waals surface area contributed by atoms with Crippen LogP contribution in [0.2, 0.25) is 0 Å². The molecule has 0 saturated carbocycles. The normalized spacial score (nSPS) is 21.8. The van der Waals surface area contributed by atoms with Crippen LogP contribution < -0.4 is 0 Å². The van der Waals surface area contributed by atoms with E-state index in [2.05, 4.69) is 95.2 Å². The average molecular weight is 574 g/mol. The zero-order valence-corrected chi connectivity index (χ0v) is 26.8. The van der Waals surface area contributed by atoms with Gasteiger partial charge in [0.15, 0.2) is 0 Å². The maximum atomic E-state index is 13.5. The minimum atomic E-state index is -0.212. The first kappa shape index (κ1) is 31.3. The standard InChI is InChI=1S/C32H44O3Se.H2O/c1-18-20(17-22(29(2,3)4)35-28(18)32(11,12)13)25-26(33)21(27(25)34)14-19-15-23(30(5,6)7)36-24(16-19)31(8,9)10;/h14-16H,17H2,1-13H3;1H2. The number of hydrogen-bond acceptors (Lipinski definition) is 3. The van der Waals surface area contributed by atoms with Crippen molar-refractivity contribution in [2.45, 2.75) is 96.4 Å². The second-order valence-corrected chi connectivity index (χ2v) is 16.6. The molecule has 3 aliphatic rings. The van der Waals surface area contributed by atoms with Crippen molar-refractivity contribution in [3.8, 4) is 0 Å². The Morgan fingerprint density at radius 3 is 1.70 bits per heavy atom. The van der Waals surface area contributed by atoms with Crippen LogP contribution in [0.1, 0.15) is 96.4 Å². The maximum Gasteiger partial charge on any atom is -0.870 e. The van der Waals surface area contributed by atoms with Crippen LogP contribution in [0, 0.1) is 21.7 Å². The summed E-state index contributed by atoms with van der Waals surface area (Å²) < 4.78 is 9.22. The Morgan fingerprint density at radius 2 is 1.32 bits per heavy atom. The second kappa shape index (κ2) is 9.98. The Labute approximate surface area is 230 Å². The first-order valence-corrected chi connectivity index (χ1v) is 14.6. The van der Waals surface area contributed by atoms with Crippen molar-refractivity contribution >= 4 is 26.5 Å². The van der Waals surface area contributed by atoms with Crippen LogP contribution in [0.5, 0.6) is 0 Å². The van der Waals surface area contributed by atoms with Gasteiger partial charge in [-0.05, 0) is 0 Å². The number of carbonyl (C=O) groups excluding carboxylic acids is 2. The molecule has 0 spiro atoms. The van der Waals surface area contributed by atoms with Gasteiger partial charge in [0.1, 0.15) is 0 Å². The van der Waals surface area contributed by atoms with Gasteiger partial charge in [-0.3, -0.25) is 0 Å². The van der Waals surface area contributed by atoms with E-state index in [9.17, 15) is 9.90 Å². The number of aliphatic hydroxyl groups is 1. The van der Waals surface area contributed by atoms with Crippen LogP contribution in [0.3, 0.4) is 0 Å². The number of ketones is 2. The summed E-state index contributed by atoms with van der Waals surface area (Å²) in [6.45, 7) is 28.2. The van der Waals surface area contributed by atoms with Crippen LogP contribution in [0.4, 0.5) is 0 Å². The minimum absolute atomic E-state index is 0. The summed E-state index contributed by atoms with van der Waals surface area (Å²) in [7, 11) is 0. The summed E-state index contributed by atoms with van der Waals surface area (Å²) in [6, 6.07) is 0. The minimum Gasteiger partial charge on any atom is -0.870 e. The summed E-state index contributed by atoms with van der Waals surface area (Å²) in [5.74, 6) is 1.83. The average Bonchev–Trinajstić information content (AvgIpc) is 2.70. The fourth-order valence-corrected chi connectivity index (χ4v) is 7.02. The molecule has 0 unspecified atom stereocenters. The molecule has 0 bridgehead atoms. The molecule has 0 aromatic rings. The van der Waals surface area contributed by atoms with E-state index in [0.29, 0.717) is 17.6 Å². The molecule has 0 saturated heterocycles. The number of carbonyl (C=O) groups is 1. The molecule has 37 heavy (non-hydrogen) atoms. The van der Waals surface area contributed by atoms with Crippen molar-refractivity contribution in [1.82, 2.24) is 0 Å². The molecule has 2 heterocycles. The molecular formula is C32H46O4Se. The molecular weight excluding hydrogens is 527 g/mol. The summed E-state index contributed by atoms with van der Waals surface area (Å²) in [5, 5.41) is 11.2. The molecule has 3 rings (SSSR count). The smallest absolute Gasteiger partial charge is 0.870 e. The number of Topliss-reactive ketones (excluding diaryl/α,β-unsaturated/α-hetero) is 1. The summed E-state index contributed by atoms with van der Waals surface area (Å²) in [4.78, 5) is 13.5. The summed E-state index contributed by atoms with van der Waals surface area (Å²) >= 11 is 0.271. The molecule has 1 aliphatic carbocycles. The molecule has 4 nitrogen and oxygen atoms in total. The third kappa shape index (κ3) is 6.38. The largest absolute Gasteiger partial charge is 0.870 e.